The first kappa shape index (κ1) is 21.6. The number of ether oxygens (including phenoxy) is 1. The zero-order chi connectivity index (χ0) is 21.9. The minimum absolute atomic E-state index is 0.126. The molecule has 0 saturated carbocycles. The standard InChI is InChI=1S/C21H19F3N2O4/c1-30-11-3-10-26-17(13-5-7-15(8-6-13)21(22,23)24)16(19(28)20(26)29)18(27)14-4-2-9-25-12-14/h2,4-9,12,16-17H,3,10-11H2,1H3. The molecule has 2 aromatic rings. The first-order valence-electron chi connectivity index (χ1n) is 9.21. The fraction of sp³-hybridized carbons (Fsp3) is 0.333. The highest BCUT2D eigenvalue weighted by atomic mass is 19.4. The maximum Gasteiger partial charge on any atom is 0.416 e. The molecule has 1 aliphatic rings. The first-order chi connectivity index (χ1) is 14.3. The van der Waals surface area contributed by atoms with Gasteiger partial charge < -0.3 is 9.64 Å². The van der Waals surface area contributed by atoms with Gasteiger partial charge in [0.1, 0.15) is 5.92 Å². The lowest BCUT2D eigenvalue weighted by Gasteiger charge is -2.27. The number of benzene rings is 1. The Balaban J connectivity index is 2.01. The van der Waals surface area contributed by atoms with Crippen LogP contribution in [0.3, 0.4) is 0 Å². The Morgan fingerprint density at radius 1 is 1.17 bits per heavy atom. The number of halogens is 3. The van der Waals surface area contributed by atoms with Crippen LogP contribution in [0.4, 0.5) is 13.2 Å². The lowest BCUT2D eigenvalue weighted by Crippen LogP contribution is -2.32. The Morgan fingerprint density at radius 3 is 2.43 bits per heavy atom. The summed E-state index contributed by atoms with van der Waals surface area (Å²) < 4.78 is 43.8. The summed E-state index contributed by atoms with van der Waals surface area (Å²) in [6.45, 7) is 0.444. The number of hydrogen-bond acceptors (Lipinski definition) is 5. The van der Waals surface area contributed by atoms with Crippen LogP contribution in [0.1, 0.15) is 33.9 Å². The van der Waals surface area contributed by atoms with E-state index >= 15 is 0 Å². The molecule has 3 rings (SSSR count). The Labute approximate surface area is 170 Å². The number of ketones is 2. The van der Waals surface area contributed by atoms with Gasteiger partial charge in [0.15, 0.2) is 5.78 Å². The number of Topliss-reactive ketones (excluding diaryl/α,β-unsaturated/α-hetero) is 2. The fourth-order valence-electron chi connectivity index (χ4n) is 3.54. The van der Waals surface area contributed by atoms with E-state index in [-0.39, 0.29) is 17.7 Å². The van der Waals surface area contributed by atoms with Gasteiger partial charge in [-0.15, -0.1) is 0 Å². The molecule has 2 heterocycles. The highest BCUT2D eigenvalue weighted by Crippen LogP contribution is 2.39. The first-order valence-corrected chi connectivity index (χ1v) is 9.21. The Hall–Kier alpha value is -3.07. The number of rotatable bonds is 7. The lowest BCUT2D eigenvalue weighted by molar-refractivity contribution is -0.140. The zero-order valence-corrected chi connectivity index (χ0v) is 16.1. The van der Waals surface area contributed by atoms with E-state index in [1.807, 2.05) is 0 Å². The van der Waals surface area contributed by atoms with Gasteiger partial charge in [-0.3, -0.25) is 19.4 Å². The largest absolute Gasteiger partial charge is 0.416 e. The molecule has 1 aromatic heterocycles. The summed E-state index contributed by atoms with van der Waals surface area (Å²) in [6, 6.07) is 6.15. The van der Waals surface area contributed by atoms with Crippen molar-refractivity contribution in [2.45, 2.75) is 18.6 Å². The average Bonchev–Trinajstić information content (AvgIpc) is 2.98. The van der Waals surface area contributed by atoms with Crippen molar-refractivity contribution in [3.63, 3.8) is 0 Å². The summed E-state index contributed by atoms with van der Waals surface area (Å²) in [5.41, 5.74) is -0.427. The van der Waals surface area contributed by atoms with Crippen molar-refractivity contribution in [1.29, 1.82) is 0 Å². The van der Waals surface area contributed by atoms with Gasteiger partial charge in [-0.1, -0.05) is 12.1 Å². The number of carbonyl (C=O) groups excluding carboxylic acids is 3. The number of pyridine rings is 1. The molecule has 1 aliphatic heterocycles. The number of alkyl halides is 3. The molecule has 2 unspecified atom stereocenters. The number of amides is 1. The van der Waals surface area contributed by atoms with Gasteiger partial charge in [-0.05, 0) is 36.2 Å². The molecular weight excluding hydrogens is 401 g/mol. The summed E-state index contributed by atoms with van der Waals surface area (Å²) >= 11 is 0. The molecule has 6 nitrogen and oxygen atoms in total. The number of nitrogens with zero attached hydrogens (tertiary/aromatic N) is 2. The third kappa shape index (κ3) is 4.25. The summed E-state index contributed by atoms with van der Waals surface area (Å²) in [4.78, 5) is 43.5. The Morgan fingerprint density at radius 2 is 1.87 bits per heavy atom. The smallest absolute Gasteiger partial charge is 0.385 e. The van der Waals surface area contributed by atoms with Gasteiger partial charge in [-0.2, -0.15) is 13.2 Å². The SMILES string of the molecule is COCCCN1C(=O)C(=O)C(C(=O)c2cccnc2)C1c1ccc(C(F)(F)F)cc1. The number of methoxy groups -OCH3 is 1. The van der Waals surface area contributed by atoms with Crippen LogP contribution >= 0.6 is 0 Å². The van der Waals surface area contributed by atoms with Gasteiger partial charge >= 0.3 is 6.18 Å². The summed E-state index contributed by atoms with van der Waals surface area (Å²) in [7, 11) is 1.49. The molecule has 2 atom stereocenters. The van der Waals surface area contributed by atoms with Crippen LogP contribution in [0.5, 0.6) is 0 Å². The van der Waals surface area contributed by atoms with E-state index in [0.29, 0.717) is 13.0 Å². The lowest BCUT2D eigenvalue weighted by atomic mass is 9.86. The van der Waals surface area contributed by atoms with Gasteiger partial charge in [0, 0.05) is 38.2 Å². The van der Waals surface area contributed by atoms with Gasteiger partial charge in [0.2, 0.25) is 5.78 Å². The summed E-state index contributed by atoms with van der Waals surface area (Å²) in [5.74, 6) is -3.68. The molecule has 0 radical (unpaired) electrons. The van der Waals surface area contributed by atoms with E-state index in [9.17, 15) is 27.6 Å². The Kier molecular flexibility index (Phi) is 6.31. The zero-order valence-electron chi connectivity index (χ0n) is 16.1. The molecule has 0 aliphatic carbocycles. The molecular formula is C21H19F3N2O4. The van der Waals surface area contributed by atoms with Crippen LogP contribution in [0.2, 0.25) is 0 Å². The van der Waals surface area contributed by atoms with E-state index in [1.165, 1.54) is 48.7 Å². The van der Waals surface area contributed by atoms with Gasteiger partial charge in [0.25, 0.3) is 5.91 Å². The van der Waals surface area contributed by atoms with Gasteiger partial charge in [-0.25, -0.2) is 0 Å². The maximum atomic E-state index is 13.0. The maximum absolute atomic E-state index is 13.0. The quantitative estimate of drug-likeness (QED) is 0.298. The molecule has 1 amide bonds. The second-order valence-electron chi connectivity index (χ2n) is 6.86. The van der Waals surface area contributed by atoms with Crippen LogP contribution in [-0.2, 0) is 20.5 Å². The van der Waals surface area contributed by atoms with E-state index in [1.54, 1.807) is 0 Å². The van der Waals surface area contributed by atoms with Crippen molar-refractivity contribution >= 4 is 17.5 Å². The van der Waals surface area contributed by atoms with Crippen LogP contribution in [-0.4, -0.2) is 47.6 Å². The highest BCUT2D eigenvalue weighted by molar-refractivity contribution is 6.44. The third-order valence-corrected chi connectivity index (χ3v) is 4.96. The predicted molar refractivity (Wildman–Crippen MR) is 99.5 cm³/mol. The minimum atomic E-state index is -4.52. The molecule has 1 saturated heterocycles. The second-order valence-corrected chi connectivity index (χ2v) is 6.86. The van der Waals surface area contributed by atoms with E-state index in [2.05, 4.69) is 4.98 Å². The van der Waals surface area contributed by atoms with Crippen molar-refractivity contribution in [2.24, 2.45) is 5.92 Å². The van der Waals surface area contributed by atoms with Crippen LogP contribution in [0, 0.1) is 5.92 Å². The molecule has 9 heteroatoms. The van der Waals surface area contributed by atoms with Crippen molar-refractivity contribution in [3.05, 3.63) is 65.5 Å². The number of likely N-dealkylation sites (tertiary alicyclic amines) is 1. The third-order valence-electron chi connectivity index (χ3n) is 4.96. The Bertz CT molecular complexity index is 930. The monoisotopic (exact) mass is 420 g/mol. The van der Waals surface area contributed by atoms with Crippen molar-refractivity contribution in [1.82, 2.24) is 9.88 Å². The minimum Gasteiger partial charge on any atom is -0.385 e. The highest BCUT2D eigenvalue weighted by Gasteiger charge is 2.51. The molecule has 30 heavy (non-hydrogen) atoms. The predicted octanol–water partition coefficient (Wildman–Crippen LogP) is 3.09. The van der Waals surface area contributed by atoms with Crippen molar-refractivity contribution < 1.29 is 32.3 Å². The average molecular weight is 420 g/mol. The van der Waals surface area contributed by atoms with Crippen LogP contribution < -0.4 is 0 Å². The number of hydrogen-bond donors (Lipinski definition) is 0. The van der Waals surface area contributed by atoms with Crippen molar-refractivity contribution in [2.75, 3.05) is 20.3 Å². The number of aromatic nitrogens is 1. The van der Waals surface area contributed by atoms with E-state index in [4.69, 9.17) is 4.74 Å². The van der Waals surface area contributed by atoms with E-state index in [0.717, 1.165) is 12.1 Å². The fourth-order valence-corrected chi connectivity index (χ4v) is 3.54. The van der Waals surface area contributed by atoms with Crippen LogP contribution in [0.15, 0.2) is 48.8 Å². The van der Waals surface area contributed by atoms with Crippen molar-refractivity contribution in [3.8, 4) is 0 Å². The molecule has 0 spiro atoms. The molecule has 1 fully saturated rings. The summed E-state index contributed by atoms with van der Waals surface area (Å²) in [6.07, 6.45) is -1.37. The van der Waals surface area contributed by atoms with Gasteiger partial charge in [0.05, 0.1) is 11.6 Å². The number of carbonyl (C=O) groups is 3. The normalized spacial score (nSPS) is 19.4. The molecule has 1 aromatic carbocycles. The summed E-state index contributed by atoms with van der Waals surface area (Å²) in [5, 5.41) is 0. The second kappa shape index (κ2) is 8.74. The topological polar surface area (TPSA) is 76.6 Å². The molecule has 0 N–H and O–H groups in total. The molecule has 0 bridgehead atoms. The molecule has 158 valence electrons. The van der Waals surface area contributed by atoms with E-state index < -0.39 is 41.2 Å². The van der Waals surface area contributed by atoms with Crippen LogP contribution in [0.25, 0.3) is 0 Å².